The van der Waals surface area contributed by atoms with Gasteiger partial charge in [0.25, 0.3) is 0 Å². The monoisotopic (exact) mass is 349 g/mol. The molecule has 0 saturated carbocycles. The highest BCUT2D eigenvalue weighted by Gasteiger charge is 2.08. The van der Waals surface area contributed by atoms with Crippen molar-refractivity contribution in [2.24, 2.45) is 4.99 Å². The number of hydrogen-bond donors (Lipinski definition) is 0. The second-order valence-electron chi connectivity index (χ2n) is 5.30. The number of ether oxygens (including phenoxy) is 1. The lowest BCUT2D eigenvalue weighted by molar-refractivity contribution is 0.0739. The zero-order valence-electron chi connectivity index (χ0n) is 13.5. The van der Waals surface area contributed by atoms with Crippen LogP contribution in [0.15, 0.2) is 71.0 Å². The van der Waals surface area contributed by atoms with Crippen molar-refractivity contribution in [1.82, 2.24) is 0 Å². The minimum Gasteiger partial charge on any atom is -0.422 e. The van der Waals surface area contributed by atoms with Gasteiger partial charge in [0.05, 0.1) is 5.69 Å². The number of ketones is 1. The number of aliphatic imine (C=N–C) groups is 1. The molecule has 0 radical (unpaired) electrons. The quantitative estimate of drug-likeness (QED) is 0.284. The first-order chi connectivity index (χ1) is 12.1. The van der Waals surface area contributed by atoms with Gasteiger partial charge >= 0.3 is 5.97 Å². The zero-order valence-corrected chi connectivity index (χ0v) is 14.3. The molecule has 0 aliphatic carbocycles. The lowest BCUT2D eigenvalue weighted by Gasteiger charge is -2.02. The van der Waals surface area contributed by atoms with Crippen LogP contribution in [0, 0.1) is 0 Å². The average molecular weight is 349 g/mol. The van der Waals surface area contributed by atoms with Crippen molar-refractivity contribution in [2.75, 3.05) is 0 Å². The van der Waals surface area contributed by atoms with Crippen LogP contribution in [0.25, 0.3) is 0 Å². The summed E-state index contributed by atoms with van der Waals surface area (Å²) in [6, 6.07) is 17.7. The van der Waals surface area contributed by atoms with Gasteiger partial charge in [-0.1, -0.05) is 6.07 Å². The molecule has 124 valence electrons. The highest BCUT2D eigenvalue weighted by atomic mass is 32.1. The maximum atomic E-state index is 11.9. The Morgan fingerprint density at radius 2 is 1.72 bits per heavy atom. The summed E-state index contributed by atoms with van der Waals surface area (Å²) in [4.78, 5) is 28.1. The van der Waals surface area contributed by atoms with E-state index in [1.165, 1.54) is 18.3 Å². The molecule has 2 aromatic carbocycles. The van der Waals surface area contributed by atoms with Crippen LogP contribution in [0.5, 0.6) is 5.75 Å². The molecule has 4 nitrogen and oxygen atoms in total. The maximum absolute atomic E-state index is 11.9. The Morgan fingerprint density at radius 1 is 1.00 bits per heavy atom. The molecule has 0 N–H and O–H groups in total. The lowest BCUT2D eigenvalue weighted by Crippen LogP contribution is -2.06. The second-order valence-corrected chi connectivity index (χ2v) is 6.24. The normalized spacial score (nSPS) is 10.8. The van der Waals surface area contributed by atoms with Crippen LogP contribution < -0.4 is 4.74 Å². The molecule has 5 heteroatoms. The predicted octanol–water partition coefficient (Wildman–Crippen LogP) is 4.92. The average Bonchev–Trinajstić information content (AvgIpc) is 3.16. The van der Waals surface area contributed by atoms with E-state index >= 15 is 0 Å². The Morgan fingerprint density at radius 3 is 2.32 bits per heavy atom. The summed E-state index contributed by atoms with van der Waals surface area (Å²) in [5, 5.41) is 1.83. The number of nitrogens with zero attached hydrogens (tertiary/aromatic N) is 1. The molecule has 0 spiro atoms. The molecule has 0 saturated heterocycles. The molecule has 0 aliphatic rings. The summed E-state index contributed by atoms with van der Waals surface area (Å²) in [6.07, 6.45) is 1.72. The molecule has 0 amide bonds. The van der Waals surface area contributed by atoms with Gasteiger partial charge < -0.3 is 4.74 Å². The van der Waals surface area contributed by atoms with Crippen molar-refractivity contribution in [1.29, 1.82) is 0 Å². The number of thiophene rings is 1. The minimum atomic E-state index is -0.359. The van der Waals surface area contributed by atoms with Gasteiger partial charge in [-0.15, -0.1) is 11.3 Å². The number of esters is 1. The molecule has 1 heterocycles. The van der Waals surface area contributed by atoms with E-state index in [0.29, 0.717) is 16.2 Å². The van der Waals surface area contributed by atoms with E-state index in [0.717, 1.165) is 11.3 Å². The molecule has 1 aromatic heterocycles. The van der Waals surface area contributed by atoms with Gasteiger partial charge in [0, 0.05) is 11.8 Å². The van der Waals surface area contributed by atoms with Crippen LogP contribution in [-0.4, -0.2) is 18.0 Å². The highest BCUT2D eigenvalue weighted by Crippen LogP contribution is 2.17. The Hall–Kier alpha value is -3.05. The summed E-state index contributed by atoms with van der Waals surface area (Å²) >= 11 is 1.35. The fraction of sp³-hybridized carbons (Fsp3) is 0.0500. The van der Waals surface area contributed by atoms with E-state index < -0.39 is 0 Å². The third-order valence-electron chi connectivity index (χ3n) is 3.45. The third-order valence-corrected chi connectivity index (χ3v) is 4.30. The van der Waals surface area contributed by atoms with Crippen LogP contribution in [0.3, 0.4) is 0 Å². The Bertz CT molecular complexity index is 895. The number of benzene rings is 2. The van der Waals surface area contributed by atoms with Gasteiger partial charge in [-0.05, 0) is 72.5 Å². The molecule has 3 aromatic rings. The maximum Gasteiger partial charge on any atom is 0.353 e. The van der Waals surface area contributed by atoms with Crippen molar-refractivity contribution >= 4 is 35.0 Å². The highest BCUT2D eigenvalue weighted by molar-refractivity contribution is 7.12. The molecule has 0 aliphatic heterocycles. The Kier molecular flexibility index (Phi) is 5.16. The largest absolute Gasteiger partial charge is 0.422 e. The Balaban J connectivity index is 1.64. The lowest BCUT2D eigenvalue weighted by atomic mass is 10.1. The summed E-state index contributed by atoms with van der Waals surface area (Å²) in [5.41, 5.74) is 2.31. The Labute approximate surface area is 149 Å². The molecule has 0 bridgehead atoms. The molecule has 0 unspecified atom stereocenters. The fourth-order valence-electron chi connectivity index (χ4n) is 2.11. The third kappa shape index (κ3) is 4.49. The molecular formula is C20H15NO3S. The molecule has 25 heavy (non-hydrogen) atoms. The first-order valence-corrected chi connectivity index (χ1v) is 8.50. The number of carbonyl (C=O) groups is 2. The van der Waals surface area contributed by atoms with E-state index in [2.05, 4.69) is 4.99 Å². The summed E-state index contributed by atoms with van der Waals surface area (Å²) in [7, 11) is 0. The van der Waals surface area contributed by atoms with E-state index in [1.807, 2.05) is 23.6 Å². The number of carbonyl (C=O) groups excluding carboxylic acids is 2. The number of rotatable bonds is 5. The summed E-state index contributed by atoms with van der Waals surface area (Å²) in [5.74, 6) is 0.159. The van der Waals surface area contributed by atoms with Gasteiger partial charge in [0.1, 0.15) is 10.6 Å². The van der Waals surface area contributed by atoms with Crippen molar-refractivity contribution in [2.45, 2.75) is 6.92 Å². The smallest absolute Gasteiger partial charge is 0.353 e. The van der Waals surface area contributed by atoms with Crippen molar-refractivity contribution in [3.05, 3.63) is 82.0 Å². The number of Topliss-reactive ketones (excluding diaryl/α,β-unsaturated/α-hetero) is 1. The molecule has 0 fully saturated rings. The minimum absolute atomic E-state index is 0.0308. The van der Waals surface area contributed by atoms with Gasteiger partial charge in [-0.25, -0.2) is 4.79 Å². The van der Waals surface area contributed by atoms with Gasteiger partial charge in [0.2, 0.25) is 0 Å². The molecular weight excluding hydrogens is 334 g/mol. The molecule has 0 atom stereocenters. The van der Waals surface area contributed by atoms with E-state index in [1.54, 1.807) is 48.7 Å². The SMILES string of the molecule is CC(=O)c1ccc(N=Cc2ccc(OC(=O)c3cccs3)cc2)cc1. The molecule has 3 rings (SSSR count). The second kappa shape index (κ2) is 7.68. The first kappa shape index (κ1) is 16.8. The van der Waals surface area contributed by atoms with Crippen LogP contribution >= 0.6 is 11.3 Å². The van der Waals surface area contributed by atoms with Gasteiger partial charge in [-0.3, -0.25) is 9.79 Å². The standard InChI is InChI=1S/C20H15NO3S/c1-14(22)16-6-8-17(9-7-16)21-13-15-4-10-18(11-5-15)24-20(23)19-3-2-12-25-19/h2-13H,1H3. The van der Waals surface area contributed by atoms with Gasteiger partial charge in [-0.2, -0.15) is 0 Å². The summed E-state index contributed by atoms with van der Waals surface area (Å²) < 4.78 is 5.31. The fourth-order valence-corrected chi connectivity index (χ4v) is 2.70. The van der Waals surface area contributed by atoms with E-state index in [4.69, 9.17) is 4.74 Å². The van der Waals surface area contributed by atoms with Crippen LogP contribution in [0.2, 0.25) is 0 Å². The number of hydrogen-bond acceptors (Lipinski definition) is 5. The van der Waals surface area contributed by atoms with Crippen molar-refractivity contribution in [3.8, 4) is 5.75 Å². The van der Waals surface area contributed by atoms with Crippen molar-refractivity contribution in [3.63, 3.8) is 0 Å². The zero-order chi connectivity index (χ0) is 17.6. The van der Waals surface area contributed by atoms with Crippen LogP contribution in [0.1, 0.15) is 32.5 Å². The van der Waals surface area contributed by atoms with Crippen molar-refractivity contribution < 1.29 is 14.3 Å². The van der Waals surface area contributed by atoms with E-state index in [9.17, 15) is 9.59 Å². The first-order valence-electron chi connectivity index (χ1n) is 7.62. The predicted molar refractivity (Wildman–Crippen MR) is 99.4 cm³/mol. The van der Waals surface area contributed by atoms with Gasteiger partial charge in [0.15, 0.2) is 5.78 Å². The van der Waals surface area contributed by atoms with Crippen LogP contribution in [-0.2, 0) is 0 Å². The van der Waals surface area contributed by atoms with E-state index in [-0.39, 0.29) is 11.8 Å². The summed E-state index contributed by atoms with van der Waals surface area (Å²) in [6.45, 7) is 1.53. The topological polar surface area (TPSA) is 55.7 Å². The van der Waals surface area contributed by atoms with Crippen LogP contribution in [0.4, 0.5) is 5.69 Å².